The molecule has 14 aromatic rings. The van der Waals surface area contributed by atoms with Crippen molar-refractivity contribution in [1.29, 1.82) is 0 Å². The molecule has 0 saturated heterocycles. The van der Waals surface area contributed by atoms with Gasteiger partial charge < -0.3 is 13.6 Å². The van der Waals surface area contributed by atoms with E-state index in [1.165, 1.54) is 98.2 Å². The molecule has 0 aliphatic rings. The molecule has 14 rings (SSSR count). The second kappa shape index (κ2) is 13.1. The fourth-order valence-corrected chi connectivity index (χ4v) is 10.6. The number of benzene rings is 11. The minimum atomic E-state index is 0.895. The van der Waals surface area contributed by atoms with Crippen LogP contribution in [0.4, 0.5) is 0 Å². The quantitative estimate of drug-likeness (QED) is 0.163. The second-order valence-corrected chi connectivity index (χ2v) is 16.8. The van der Waals surface area contributed by atoms with Crippen LogP contribution in [0.2, 0.25) is 0 Å². The smallest absolute Gasteiger partial charge is 0.137 e. The van der Waals surface area contributed by atoms with Crippen molar-refractivity contribution in [2.24, 2.45) is 0 Å². The summed E-state index contributed by atoms with van der Waals surface area (Å²) in [6, 6.07) is 79.9. The number of para-hydroxylation sites is 3. The van der Waals surface area contributed by atoms with Crippen LogP contribution in [0.1, 0.15) is 0 Å². The second-order valence-electron chi connectivity index (χ2n) is 16.8. The molecule has 0 amide bonds. The lowest BCUT2D eigenvalue weighted by atomic mass is 9.92. The number of rotatable bonds is 4. The van der Waals surface area contributed by atoms with Crippen LogP contribution in [0, 0.1) is 0 Å². The Kier molecular flexibility index (Phi) is 7.11. The summed E-state index contributed by atoms with van der Waals surface area (Å²) in [4.78, 5) is 0. The molecular formula is C60H36N2O. The molecule has 3 heteroatoms. The highest BCUT2D eigenvalue weighted by Gasteiger charge is 2.18. The fourth-order valence-electron chi connectivity index (χ4n) is 10.6. The third-order valence-electron chi connectivity index (χ3n) is 13.5. The summed E-state index contributed by atoms with van der Waals surface area (Å²) in [5, 5.41) is 14.9. The maximum Gasteiger partial charge on any atom is 0.137 e. The zero-order valence-electron chi connectivity index (χ0n) is 34.1. The molecule has 0 fully saturated rings. The molecule has 0 saturated carbocycles. The predicted molar refractivity (Wildman–Crippen MR) is 266 cm³/mol. The zero-order chi connectivity index (χ0) is 41.2. The van der Waals surface area contributed by atoms with Crippen molar-refractivity contribution in [2.45, 2.75) is 0 Å². The van der Waals surface area contributed by atoms with Crippen LogP contribution in [-0.2, 0) is 0 Å². The van der Waals surface area contributed by atoms with E-state index in [9.17, 15) is 0 Å². The summed E-state index contributed by atoms with van der Waals surface area (Å²) in [5.74, 6) is 0. The molecule has 3 aromatic heterocycles. The maximum atomic E-state index is 6.34. The molecule has 292 valence electrons. The van der Waals surface area contributed by atoms with Gasteiger partial charge in [-0.1, -0.05) is 140 Å². The van der Waals surface area contributed by atoms with Gasteiger partial charge in [0, 0.05) is 49.8 Å². The van der Waals surface area contributed by atoms with E-state index < -0.39 is 0 Å². The van der Waals surface area contributed by atoms with Crippen molar-refractivity contribution in [3.63, 3.8) is 0 Å². The molecule has 11 aromatic carbocycles. The first-order valence-corrected chi connectivity index (χ1v) is 21.7. The van der Waals surface area contributed by atoms with Crippen molar-refractivity contribution in [3.05, 3.63) is 218 Å². The first-order chi connectivity index (χ1) is 31.2. The predicted octanol–water partition coefficient (Wildman–Crippen LogP) is 16.6. The van der Waals surface area contributed by atoms with Gasteiger partial charge >= 0.3 is 0 Å². The molecule has 0 aliphatic carbocycles. The Morgan fingerprint density at radius 3 is 1.25 bits per heavy atom. The molecule has 0 atom stereocenters. The van der Waals surface area contributed by atoms with Gasteiger partial charge in [0.25, 0.3) is 0 Å². The van der Waals surface area contributed by atoms with E-state index in [1.807, 2.05) is 12.1 Å². The zero-order valence-corrected chi connectivity index (χ0v) is 34.1. The van der Waals surface area contributed by atoms with Gasteiger partial charge in [0.1, 0.15) is 11.2 Å². The van der Waals surface area contributed by atoms with Crippen molar-refractivity contribution in [3.8, 4) is 33.6 Å². The Hall–Kier alpha value is -8.40. The lowest BCUT2D eigenvalue weighted by Gasteiger charge is -2.13. The molecule has 0 N–H and O–H groups in total. The van der Waals surface area contributed by atoms with Gasteiger partial charge in [-0.2, -0.15) is 0 Å². The number of furan rings is 1. The first-order valence-electron chi connectivity index (χ1n) is 21.7. The van der Waals surface area contributed by atoms with Crippen LogP contribution >= 0.6 is 0 Å². The lowest BCUT2D eigenvalue weighted by Crippen LogP contribution is -1.94. The normalized spacial score (nSPS) is 12.1. The molecule has 0 radical (unpaired) electrons. The SMILES string of the molecule is c1cc(-c2ccc3c4ccccc4c4ccccc4c3c2)cc(-n2c3ccccc3c3cc(-c4ccc5c(c4)c4ccccc4n5-c4ccc5c(c4)oc4ccccc45)ccc32)c1. The molecule has 0 bridgehead atoms. The highest BCUT2D eigenvalue weighted by Crippen LogP contribution is 2.41. The summed E-state index contributed by atoms with van der Waals surface area (Å²) < 4.78 is 11.1. The minimum absolute atomic E-state index is 0.895. The number of hydrogen-bond acceptors (Lipinski definition) is 1. The maximum absolute atomic E-state index is 6.34. The summed E-state index contributed by atoms with van der Waals surface area (Å²) >= 11 is 0. The summed E-state index contributed by atoms with van der Waals surface area (Å²) in [5.41, 5.74) is 13.5. The Bertz CT molecular complexity index is 4180. The van der Waals surface area contributed by atoms with Gasteiger partial charge in [-0.3, -0.25) is 0 Å². The largest absolute Gasteiger partial charge is 0.456 e. The van der Waals surface area contributed by atoms with Crippen LogP contribution < -0.4 is 0 Å². The first kappa shape index (κ1) is 34.3. The van der Waals surface area contributed by atoms with Crippen LogP contribution in [0.3, 0.4) is 0 Å². The van der Waals surface area contributed by atoms with Crippen LogP contribution in [-0.4, -0.2) is 9.13 Å². The molecular weight excluding hydrogens is 765 g/mol. The number of hydrogen-bond donors (Lipinski definition) is 0. The van der Waals surface area contributed by atoms with Crippen LogP contribution in [0.15, 0.2) is 223 Å². The monoisotopic (exact) mass is 800 g/mol. The summed E-state index contributed by atoms with van der Waals surface area (Å²) in [6.07, 6.45) is 0. The van der Waals surface area contributed by atoms with Gasteiger partial charge in [-0.05, 0) is 127 Å². The fraction of sp³-hybridized carbons (Fsp3) is 0. The van der Waals surface area contributed by atoms with Crippen molar-refractivity contribution < 1.29 is 4.42 Å². The van der Waals surface area contributed by atoms with E-state index >= 15 is 0 Å². The summed E-state index contributed by atoms with van der Waals surface area (Å²) in [7, 11) is 0. The van der Waals surface area contributed by atoms with Gasteiger partial charge in [-0.25, -0.2) is 0 Å². The molecule has 63 heavy (non-hydrogen) atoms. The number of fused-ring (bicyclic) bond motifs is 15. The van der Waals surface area contributed by atoms with E-state index in [-0.39, 0.29) is 0 Å². The summed E-state index contributed by atoms with van der Waals surface area (Å²) in [6.45, 7) is 0. The van der Waals surface area contributed by atoms with E-state index in [4.69, 9.17) is 4.42 Å². The average Bonchev–Trinajstić information content (AvgIpc) is 4.01. The van der Waals surface area contributed by atoms with Gasteiger partial charge in [0.05, 0.1) is 22.1 Å². The van der Waals surface area contributed by atoms with Crippen molar-refractivity contribution in [1.82, 2.24) is 9.13 Å². The highest BCUT2D eigenvalue weighted by molar-refractivity contribution is 6.26. The molecule has 0 aliphatic heterocycles. The van der Waals surface area contributed by atoms with Gasteiger partial charge in [0.15, 0.2) is 0 Å². The highest BCUT2D eigenvalue weighted by atomic mass is 16.3. The lowest BCUT2D eigenvalue weighted by molar-refractivity contribution is 0.668. The Labute approximate surface area is 361 Å². The van der Waals surface area contributed by atoms with Gasteiger partial charge in [-0.15, -0.1) is 0 Å². The van der Waals surface area contributed by atoms with Crippen LogP contribution in [0.25, 0.3) is 131 Å². The van der Waals surface area contributed by atoms with E-state index in [0.717, 1.165) is 33.3 Å². The van der Waals surface area contributed by atoms with E-state index in [2.05, 4.69) is 215 Å². The standard InChI is InChI=1S/C60H36N2O/c1-2-16-45-43(14-1)44-15-3-4-17-46(44)52-33-38(24-28-47(45)52)37-12-11-13-41(32-37)61-55-21-8-5-18-48(55)53-34-39(25-30-57(53)61)40-26-31-58-54(35-40)49-19-6-9-22-56(49)62(58)42-27-29-51-50-20-7-10-23-59(50)63-60(51)36-42/h1-36H. The Morgan fingerprint density at radius 1 is 0.222 bits per heavy atom. The van der Waals surface area contributed by atoms with Crippen molar-refractivity contribution >= 4 is 97.9 Å². The van der Waals surface area contributed by atoms with E-state index in [1.54, 1.807) is 0 Å². The third kappa shape index (κ3) is 5.02. The van der Waals surface area contributed by atoms with Crippen molar-refractivity contribution in [2.75, 3.05) is 0 Å². The Morgan fingerprint density at radius 2 is 0.635 bits per heavy atom. The number of nitrogens with zero attached hydrogens (tertiary/aromatic N) is 2. The third-order valence-corrected chi connectivity index (χ3v) is 13.5. The molecule has 0 unspecified atom stereocenters. The van der Waals surface area contributed by atoms with Gasteiger partial charge in [0.2, 0.25) is 0 Å². The number of aromatic nitrogens is 2. The minimum Gasteiger partial charge on any atom is -0.456 e. The molecule has 3 heterocycles. The Balaban J connectivity index is 0.891. The molecule has 0 spiro atoms. The van der Waals surface area contributed by atoms with Crippen LogP contribution in [0.5, 0.6) is 0 Å². The van der Waals surface area contributed by atoms with E-state index in [0.29, 0.717) is 0 Å². The topological polar surface area (TPSA) is 23.0 Å². The average molecular weight is 801 g/mol. The molecule has 3 nitrogen and oxygen atoms in total.